The van der Waals surface area contributed by atoms with E-state index in [1.807, 2.05) is 0 Å². The molecule has 6 rings (SSSR count). The van der Waals surface area contributed by atoms with Gasteiger partial charge < -0.3 is 34.6 Å². The van der Waals surface area contributed by atoms with Crippen molar-refractivity contribution in [3.8, 4) is 0 Å². The first-order valence-electron chi connectivity index (χ1n) is 6.77. The summed E-state index contributed by atoms with van der Waals surface area (Å²) in [6, 6.07) is 0. The molecule has 6 aliphatic rings. The summed E-state index contributed by atoms with van der Waals surface area (Å²) in [6.07, 6.45) is -5.45. The number of ether oxygens (including phenoxy) is 3. The maximum Gasteiger partial charge on any atom is 0.343 e. The van der Waals surface area contributed by atoms with Gasteiger partial charge in [0.2, 0.25) is 0 Å². The van der Waals surface area contributed by atoms with Gasteiger partial charge in [-0.2, -0.15) is 0 Å². The van der Waals surface area contributed by atoms with Gasteiger partial charge in [0.25, 0.3) is 0 Å². The SMILES string of the molecule is NC1=[NH+]C2OC3C4([O-])OC5C(O)C3(N1)C2C(O4)C5(O)CO. The highest BCUT2D eigenvalue weighted by atomic mass is 16.9. The lowest BCUT2D eigenvalue weighted by Crippen LogP contribution is -3.00. The second-order valence-corrected chi connectivity index (χ2v) is 6.35. The molecule has 0 radical (unpaired) electrons. The first kappa shape index (κ1) is 12.5. The lowest BCUT2D eigenvalue weighted by Gasteiger charge is -2.70. The number of rotatable bonds is 1. The van der Waals surface area contributed by atoms with Crippen LogP contribution >= 0.6 is 0 Å². The molecule has 10 nitrogen and oxygen atoms in total. The number of nitrogens with one attached hydrogen (secondary N) is 2. The molecule has 0 aromatic heterocycles. The highest BCUT2D eigenvalue weighted by Crippen LogP contribution is 2.61. The van der Waals surface area contributed by atoms with Crippen molar-refractivity contribution in [1.29, 1.82) is 0 Å². The maximum absolute atomic E-state index is 12.8. The van der Waals surface area contributed by atoms with Crippen molar-refractivity contribution in [3.05, 3.63) is 0 Å². The van der Waals surface area contributed by atoms with Crippen molar-refractivity contribution in [3.63, 3.8) is 0 Å². The van der Waals surface area contributed by atoms with E-state index < -0.39 is 60.3 Å². The van der Waals surface area contributed by atoms with Gasteiger partial charge in [-0.25, -0.2) is 0 Å². The van der Waals surface area contributed by atoms with Gasteiger partial charge in [0.15, 0.2) is 11.8 Å². The largest absolute Gasteiger partial charge is 0.805 e. The molecule has 1 aliphatic carbocycles. The summed E-state index contributed by atoms with van der Waals surface area (Å²) in [7, 11) is 0. The van der Waals surface area contributed by atoms with E-state index in [4.69, 9.17) is 19.9 Å². The Bertz CT molecular complexity index is 574. The summed E-state index contributed by atoms with van der Waals surface area (Å²) in [5.74, 6) is -2.78. The minimum Gasteiger partial charge on any atom is -0.805 e. The predicted octanol–water partition coefficient (Wildman–Crippen LogP) is -7.03. The third kappa shape index (κ3) is 1.03. The second-order valence-electron chi connectivity index (χ2n) is 6.35. The van der Waals surface area contributed by atoms with Gasteiger partial charge in [-0.15, -0.1) is 0 Å². The Morgan fingerprint density at radius 3 is 2.81 bits per heavy atom. The number of hydrogen-bond acceptors (Lipinski definition) is 9. The maximum atomic E-state index is 12.8. The fourth-order valence-corrected chi connectivity index (χ4v) is 4.70. The molecule has 9 unspecified atom stereocenters. The molecular weight excluding hydrogens is 286 g/mol. The Labute approximate surface area is 118 Å². The fourth-order valence-electron chi connectivity index (χ4n) is 4.70. The average molecular weight is 301 g/mol. The number of guanidine groups is 1. The van der Waals surface area contributed by atoms with Gasteiger partial charge >= 0.3 is 5.96 Å². The Morgan fingerprint density at radius 2 is 2.10 bits per heavy atom. The minimum atomic E-state index is -2.36. The molecule has 4 saturated heterocycles. The van der Waals surface area contributed by atoms with Crippen molar-refractivity contribution in [2.45, 2.75) is 47.8 Å². The van der Waals surface area contributed by atoms with Crippen LogP contribution in [-0.2, 0) is 14.2 Å². The standard InChI is InChI=1S/C11H14N3O7/c12-8-13-6-2-4-9(17,1-15)5-3(16)10(2,14-8)7(19-6)11(18,20-4)21-5/h2-7,15-17H,1H2,(H3,12,13,14)/q-1/p+1. The van der Waals surface area contributed by atoms with Crippen LogP contribution in [0.3, 0.4) is 0 Å². The van der Waals surface area contributed by atoms with Gasteiger partial charge in [0.1, 0.15) is 36.0 Å². The third-order valence-electron chi connectivity index (χ3n) is 5.49. The highest BCUT2D eigenvalue weighted by molar-refractivity contribution is 5.74. The van der Waals surface area contributed by atoms with Crippen LogP contribution < -0.4 is 21.1 Å². The minimum absolute atomic E-state index is 0.177. The first-order chi connectivity index (χ1) is 9.87. The van der Waals surface area contributed by atoms with E-state index in [0.717, 1.165) is 0 Å². The van der Waals surface area contributed by atoms with E-state index in [1.165, 1.54) is 0 Å². The molecule has 9 atom stereocenters. The van der Waals surface area contributed by atoms with Gasteiger partial charge in [-0.05, 0) is 0 Å². The first-order valence-corrected chi connectivity index (χ1v) is 6.77. The number of nitrogens with two attached hydrogens (primary N) is 1. The highest BCUT2D eigenvalue weighted by Gasteiger charge is 2.85. The molecule has 5 heterocycles. The van der Waals surface area contributed by atoms with Crippen molar-refractivity contribution in [1.82, 2.24) is 5.32 Å². The lowest BCUT2D eigenvalue weighted by molar-refractivity contribution is -0.700. The van der Waals surface area contributed by atoms with Crippen LogP contribution in [0, 0.1) is 5.92 Å². The molecule has 1 saturated carbocycles. The van der Waals surface area contributed by atoms with E-state index in [2.05, 4.69) is 10.3 Å². The summed E-state index contributed by atoms with van der Waals surface area (Å²) in [6.45, 7) is -0.710. The Hall–Kier alpha value is -1.01. The lowest BCUT2D eigenvalue weighted by atomic mass is 9.56. The zero-order valence-electron chi connectivity index (χ0n) is 10.7. The van der Waals surface area contributed by atoms with Gasteiger partial charge in [0, 0.05) is 0 Å². The van der Waals surface area contributed by atoms with Crippen molar-refractivity contribution < 1.29 is 39.6 Å². The summed E-state index contributed by atoms with van der Waals surface area (Å²) in [5, 5.41) is 46.6. The van der Waals surface area contributed by atoms with E-state index in [9.17, 15) is 20.4 Å². The number of aliphatic hydroxyl groups excluding tert-OH is 2. The van der Waals surface area contributed by atoms with Crippen LogP contribution in [0.4, 0.5) is 0 Å². The Balaban J connectivity index is 1.77. The zero-order chi connectivity index (χ0) is 14.8. The molecule has 21 heavy (non-hydrogen) atoms. The normalized spacial score (nSPS) is 66.2. The molecule has 0 aromatic carbocycles. The molecule has 7 N–H and O–H groups in total. The quantitative estimate of drug-likeness (QED) is 0.276. The van der Waals surface area contributed by atoms with Gasteiger partial charge in [-0.1, -0.05) is 0 Å². The summed E-state index contributed by atoms with van der Waals surface area (Å²) in [5.41, 5.74) is 2.68. The summed E-state index contributed by atoms with van der Waals surface area (Å²) < 4.78 is 16.2. The fraction of sp³-hybridized carbons (Fsp3) is 0.909. The molecule has 5 fully saturated rings. The topological polar surface area (TPSA) is 163 Å². The number of hydrogen-bond donors (Lipinski definition) is 6. The molecule has 0 amide bonds. The monoisotopic (exact) mass is 301 g/mol. The molecule has 1 spiro atoms. The molecular formula is C11H15N3O7. The van der Waals surface area contributed by atoms with Crippen LogP contribution in [0.5, 0.6) is 0 Å². The smallest absolute Gasteiger partial charge is 0.343 e. The van der Waals surface area contributed by atoms with Gasteiger partial charge in [-0.3, -0.25) is 16.0 Å². The van der Waals surface area contributed by atoms with E-state index >= 15 is 0 Å². The van der Waals surface area contributed by atoms with Crippen LogP contribution in [0.1, 0.15) is 0 Å². The van der Waals surface area contributed by atoms with E-state index in [0.29, 0.717) is 0 Å². The molecule has 116 valence electrons. The van der Waals surface area contributed by atoms with Crippen LogP contribution in [0.2, 0.25) is 0 Å². The Kier molecular flexibility index (Phi) is 1.89. The van der Waals surface area contributed by atoms with E-state index in [-0.39, 0.29) is 5.96 Å². The van der Waals surface area contributed by atoms with Crippen LogP contribution in [-0.4, -0.2) is 75.6 Å². The molecule has 7 bridgehead atoms. The summed E-state index contributed by atoms with van der Waals surface area (Å²) in [4.78, 5) is 2.82. The van der Waals surface area contributed by atoms with Crippen LogP contribution in [0.25, 0.3) is 0 Å². The van der Waals surface area contributed by atoms with Gasteiger partial charge in [0.05, 0.1) is 12.5 Å². The number of aliphatic hydroxyl groups is 3. The van der Waals surface area contributed by atoms with Crippen molar-refractivity contribution in [2.75, 3.05) is 6.61 Å². The third-order valence-corrected chi connectivity index (χ3v) is 5.49. The molecule has 5 aliphatic heterocycles. The Morgan fingerprint density at radius 1 is 1.38 bits per heavy atom. The predicted molar refractivity (Wildman–Crippen MR) is 58.7 cm³/mol. The average Bonchev–Trinajstić information content (AvgIpc) is 2.59. The molecule has 10 heteroatoms. The summed E-state index contributed by atoms with van der Waals surface area (Å²) >= 11 is 0. The molecule has 0 aromatic rings. The van der Waals surface area contributed by atoms with Crippen molar-refractivity contribution >= 4 is 5.96 Å². The second kappa shape index (κ2) is 3.18. The van der Waals surface area contributed by atoms with Crippen molar-refractivity contribution in [2.24, 2.45) is 11.7 Å². The zero-order valence-corrected chi connectivity index (χ0v) is 10.7. The van der Waals surface area contributed by atoms with Crippen LogP contribution in [0.15, 0.2) is 0 Å². The van der Waals surface area contributed by atoms with E-state index in [1.54, 1.807) is 0 Å².